The van der Waals surface area contributed by atoms with Gasteiger partial charge in [-0.1, -0.05) is 169 Å². The molecule has 0 aromatic heterocycles. The van der Waals surface area contributed by atoms with Crippen molar-refractivity contribution in [3.63, 3.8) is 0 Å². The number of hydrogen-bond acceptors (Lipinski definition) is 39. The molecule has 784 valence electrons. The van der Waals surface area contributed by atoms with Gasteiger partial charge in [0.1, 0.15) is 5.82 Å². The van der Waals surface area contributed by atoms with Crippen LogP contribution in [-0.2, 0) is 153 Å². The van der Waals surface area contributed by atoms with Gasteiger partial charge in [-0.15, -0.1) is 0 Å². The summed E-state index contributed by atoms with van der Waals surface area (Å²) >= 11 is 5.78. The molecule has 1 atom stereocenters. The van der Waals surface area contributed by atoms with Crippen LogP contribution in [0.15, 0.2) is 140 Å². The third-order valence-electron chi connectivity index (χ3n) is 16.8. The van der Waals surface area contributed by atoms with Crippen LogP contribution in [0.4, 0.5) is 17.6 Å². The fourth-order valence-corrected chi connectivity index (χ4v) is 19.4. The molecule has 41 nitrogen and oxygen atoms in total. The number of rotatable bonds is 47. The summed E-state index contributed by atoms with van der Waals surface area (Å²) in [6.45, 7) is 13.1. The second-order valence-corrected chi connectivity index (χ2v) is 49.5. The van der Waals surface area contributed by atoms with Gasteiger partial charge >= 0.3 is 127 Å². The van der Waals surface area contributed by atoms with Crippen molar-refractivity contribution in [3.05, 3.63) is 150 Å². The Bertz CT molecular complexity index is 3510. The Morgan fingerprint density at radius 2 is 0.761 bits per heavy atom. The van der Waals surface area contributed by atoms with Gasteiger partial charge in [0.25, 0.3) is 0 Å². The predicted octanol–water partition coefficient (Wildman–Crippen LogP) is 11.7. The Morgan fingerprint density at radius 1 is 0.470 bits per heavy atom. The number of phosphoric ester groups is 1. The van der Waals surface area contributed by atoms with Crippen LogP contribution in [0, 0.1) is 11.2 Å². The summed E-state index contributed by atoms with van der Waals surface area (Å²) < 4.78 is 240. The van der Waals surface area contributed by atoms with Crippen LogP contribution >= 0.6 is 42.9 Å². The Morgan fingerprint density at radius 3 is 0.948 bits per heavy atom. The van der Waals surface area contributed by atoms with E-state index in [4.69, 9.17) is 154 Å². The van der Waals surface area contributed by atoms with E-state index in [1.54, 1.807) is 131 Å². The van der Waals surface area contributed by atoms with Crippen molar-refractivity contribution in [1.29, 1.82) is 0 Å². The molecule has 0 aliphatic carbocycles. The molecule has 5 rings (SSSR count). The maximum absolute atomic E-state index is 12.7. The summed E-state index contributed by atoms with van der Waals surface area (Å²) in [6.07, 6.45) is 1.83. The van der Waals surface area contributed by atoms with Crippen LogP contribution in [0.3, 0.4) is 0 Å². The minimum Gasteiger partial charge on any atom is -0.565 e. The monoisotopic (exact) mass is 2140 g/mol. The molecule has 0 radical (unpaired) electrons. The topological polar surface area (TPSA) is 497 Å². The predicted molar refractivity (Wildman–Crippen MR) is 515 cm³/mol. The minimum absolute atomic E-state index is 0. The third-order valence-corrected chi connectivity index (χ3v) is 36.0. The number of hydrogen-bond donors (Lipinski definition) is 6. The molecule has 6 N–H and O–H groups in total. The zero-order chi connectivity index (χ0) is 105. The summed E-state index contributed by atoms with van der Waals surface area (Å²) in [4.78, 5) is 29.0. The number of alkyl halides is 3. The second kappa shape index (κ2) is 86.3. The van der Waals surface area contributed by atoms with Crippen LogP contribution < -0.4 is 31.2 Å². The fourth-order valence-electron chi connectivity index (χ4n) is 8.64. The van der Waals surface area contributed by atoms with Crippen LogP contribution in [0.1, 0.15) is 88.8 Å². The largest absolute Gasteiger partial charge is 0.565 e. The van der Waals surface area contributed by atoms with Gasteiger partial charge < -0.3 is 132 Å². The molecule has 59 heteroatoms. The van der Waals surface area contributed by atoms with Gasteiger partial charge in [0.2, 0.25) is 0 Å². The van der Waals surface area contributed by atoms with Crippen LogP contribution in [-0.4, -0.2) is 309 Å². The quantitative estimate of drug-likeness (QED) is 0.00526. The SMILES string of the molecule is CCCCOP(=O)(OCCCC)OCCCC.COB(OC)OC.COP(C)(=O)OC.CO[Si](C)(OC)OC.CO[Si](CCCC(C)(C)C(F)(F)F)(OC)OC.CO[Si](OC)(OC)OC.CO[Si](OC)(OC)c1ccc(Cl)cc1.CO[Si](OC)(OC)c1ccc(F)cc1.CO[Si](OC)(OC)c1ccccc1.O=BOO.O=P(O)(O)c1ccccc1.O=[P+]([O-])OO.OB(O)c1ccccc1.[HH].[HH]. The van der Waals surface area contributed by atoms with Crippen molar-refractivity contribution in [3.8, 4) is 0 Å². The summed E-state index contributed by atoms with van der Waals surface area (Å²) in [5.74, 6) is -0.292. The molecule has 5 aromatic carbocycles. The molecule has 0 bridgehead atoms. The van der Waals surface area contributed by atoms with Gasteiger partial charge in [-0.05, 0) is 78.5 Å². The van der Waals surface area contributed by atoms with Crippen molar-refractivity contribution in [2.75, 3.05) is 197 Å². The Hall–Kier alpha value is -3.40. The van der Waals surface area contributed by atoms with Crippen molar-refractivity contribution in [1.82, 2.24) is 0 Å². The zero-order valence-electron chi connectivity index (χ0n) is 82.6. The van der Waals surface area contributed by atoms with Crippen molar-refractivity contribution in [2.24, 2.45) is 5.41 Å². The minimum atomic E-state index is -4.19. The van der Waals surface area contributed by atoms with Gasteiger partial charge in [0, 0.05) is 218 Å². The van der Waals surface area contributed by atoms with Gasteiger partial charge in [-0.3, -0.25) is 22.7 Å². The van der Waals surface area contributed by atoms with Crippen molar-refractivity contribution < 1.29 is 209 Å². The first-order chi connectivity index (χ1) is 63.0. The van der Waals surface area contributed by atoms with Crippen LogP contribution in [0.2, 0.25) is 17.6 Å². The van der Waals surface area contributed by atoms with E-state index in [0.717, 1.165) is 54.1 Å². The molecule has 0 fully saturated rings. The van der Waals surface area contributed by atoms with E-state index in [1.165, 1.54) is 151 Å². The van der Waals surface area contributed by atoms with E-state index in [1.807, 2.05) is 55.1 Å². The standard InChI is InChI=1S/C12H27O4P.C10H21F3O3Si.C9H13ClO3Si.C9H13FO3Si.C9H14O3Si.C6H7BO2.C6H7O3P.C4H12O4Si.C4H12O3Si.C3H9BO3.C3H9O3P.BHO3.HO4P.2H2/c1-4-7-10-14-17(13,15-11-8-5-2)16-12-9-6-3;1-9(2,10(11,12)13)7-6-8-17(14-3,15-4)16-5;2*1-11-14(12-2,13-3)9-6-4-8(10)5-7-9;1-10-13(11-2,12-3)9-7-5-4-6-8-9;8-7(9)6-4-2-1-3-5-6;7-10(8,9)6-4-2-1-3-5-6;1-5-9(6-2,7-3)8-4;1-5-8(4,6-2)7-3;1-5-4(6-2)7-3;1-5-7(3,4)6-2;2-1-4-3;1-4-5(2)3;;/h4-12H2,1-3H3;6-8H2,1-5H3;2*4-7H,1-3H3;4-8H,1-3H3;1-5,8-9H;1-5H,(H2,7,8,9);1-4H3;1-4H3;2*1-3H3;3H;1H;2*1H. The first-order valence-corrected chi connectivity index (χ1v) is 57.1. The van der Waals surface area contributed by atoms with Crippen molar-refractivity contribution >= 4 is 144 Å². The smallest absolute Gasteiger partial charge is 0.521 e. The fraction of sp³-hybridized carbons (Fsp3) is 0.600. The van der Waals surface area contributed by atoms with Gasteiger partial charge in [-0.25, -0.2) is 14.2 Å². The molecule has 0 amide bonds. The maximum Gasteiger partial charge on any atom is 0.521 e. The van der Waals surface area contributed by atoms with Crippen molar-refractivity contribution in [2.45, 2.75) is 105 Å². The second-order valence-electron chi connectivity index (χ2n) is 25.5. The van der Waals surface area contributed by atoms with E-state index in [-0.39, 0.29) is 27.7 Å². The molecule has 0 spiro atoms. The Balaban J connectivity index is -0.000000160. The first-order valence-electron chi connectivity index (χ1n) is 39.6. The molecule has 5 aromatic rings. The van der Waals surface area contributed by atoms with E-state index >= 15 is 0 Å². The normalized spacial score (nSPS) is 11.5. The number of unbranched alkanes of at least 4 members (excludes halogenated alkanes) is 3. The summed E-state index contributed by atoms with van der Waals surface area (Å²) in [6, 6.07) is 39.7. The average molecular weight is 2140 g/mol. The summed E-state index contributed by atoms with van der Waals surface area (Å²) in [5, 5.41) is 34.6. The van der Waals surface area contributed by atoms with E-state index in [9.17, 15) is 31.3 Å². The number of phosphoric acid groups is 1. The van der Waals surface area contributed by atoms with E-state index in [2.05, 4.69) is 53.3 Å². The molecule has 0 heterocycles. The van der Waals surface area contributed by atoms with Gasteiger partial charge in [0.15, 0.2) is 0 Å². The van der Waals surface area contributed by atoms with Gasteiger partial charge in [0.05, 0.1) is 30.5 Å². The average Bonchev–Trinajstić information content (AvgIpc) is 0.908. The van der Waals surface area contributed by atoms with Gasteiger partial charge in [-0.2, -0.15) is 13.2 Å². The van der Waals surface area contributed by atoms with Crippen LogP contribution in [0.25, 0.3) is 0 Å². The Labute approximate surface area is 806 Å². The maximum atomic E-state index is 12.7. The van der Waals surface area contributed by atoms with Crippen LogP contribution in [0.5, 0.6) is 0 Å². The molecule has 0 aliphatic heterocycles. The number of benzene rings is 5. The summed E-state index contributed by atoms with van der Waals surface area (Å²) in [7, 11) is 5.78. The molecule has 134 heavy (non-hydrogen) atoms. The third kappa shape index (κ3) is 67.9. The number of halogens is 5. The first kappa shape index (κ1) is 146. The Kier molecular flexibility index (Phi) is 94.0. The molecule has 1 unspecified atom stereocenters. The van der Waals surface area contributed by atoms with E-state index < -0.39 is 110 Å². The molecule has 0 aliphatic rings. The molecule has 0 saturated carbocycles. The summed E-state index contributed by atoms with van der Waals surface area (Å²) in [5.41, 5.74) is -1.17. The molecular formula is C75H150B3ClF4O41P4Si6. The van der Waals surface area contributed by atoms with E-state index in [0.29, 0.717) is 42.8 Å². The zero-order valence-corrected chi connectivity index (χ0v) is 93.0. The molecule has 0 saturated heterocycles. The molecular weight excluding hydrogens is 1990 g/mol.